The zero-order valence-electron chi connectivity index (χ0n) is 20.4. The Morgan fingerprint density at radius 2 is 1.83 bits per heavy atom. The highest BCUT2D eigenvalue weighted by molar-refractivity contribution is 7.08. The SMILES string of the molecule is CCOc1ccccc1C(=O)N1CCC(c2nc(NCc3ccccc3)cc(-c3ccsc3)n2)CC1. The minimum absolute atomic E-state index is 0.0238. The van der Waals surface area contributed by atoms with Gasteiger partial charge in [0.1, 0.15) is 17.4 Å². The van der Waals surface area contributed by atoms with E-state index in [0.29, 0.717) is 37.6 Å². The molecule has 0 saturated carbocycles. The molecule has 0 bridgehead atoms. The van der Waals surface area contributed by atoms with E-state index in [9.17, 15) is 4.79 Å². The fourth-order valence-electron chi connectivity index (χ4n) is 4.52. The maximum atomic E-state index is 13.2. The Bertz CT molecular complexity index is 1290. The second-order valence-electron chi connectivity index (χ2n) is 8.84. The van der Waals surface area contributed by atoms with Gasteiger partial charge in [0.05, 0.1) is 17.9 Å². The number of aromatic nitrogens is 2. The van der Waals surface area contributed by atoms with Gasteiger partial charge in [-0.1, -0.05) is 42.5 Å². The molecule has 1 N–H and O–H groups in total. The topological polar surface area (TPSA) is 67.3 Å². The predicted octanol–water partition coefficient (Wildman–Crippen LogP) is 6.24. The number of rotatable bonds is 8. The van der Waals surface area contributed by atoms with Crippen molar-refractivity contribution in [2.45, 2.75) is 32.2 Å². The molecule has 0 unspecified atom stereocenters. The van der Waals surface area contributed by atoms with E-state index in [0.717, 1.165) is 35.7 Å². The van der Waals surface area contributed by atoms with Gasteiger partial charge in [0.2, 0.25) is 0 Å². The van der Waals surface area contributed by atoms with Gasteiger partial charge in [-0.2, -0.15) is 11.3 Å². The van der Waals surface area contributed by atoms with Crippen molar-refractivity contribution in [2.75, 3.05) is 25.0 Å². The molecule has 3 heterocycles. The number of thiophene rings is 1. The van der Waals surface area contributed by atoms with Crippen molar-refractivity contribution in [1.82, 2.24) is 14.9 Å². The summed E-state index contributed by atoms with van der Waals surface area (Å²) in [6.45, 7) is 4.50. The molecule has 2 aromatic heterocycles. The summed E-state index contributed by atoms with van der Waals surface area (Å²) in [4.78, 5) is 25.0. The summed E-state index contributed by atoms with van der Waals surface area (Å²) < 4.78 is 5.68. The first-order valence-corrected chi connectivity index (χ1v) is 13.4. The molecular weight excluding hydrogens is 468 g/mol. The average molecular weight is 499 g/mol. The molecule has 0 spiro atoms. The molecule has 0 atom stereocenters. The lowest BCUT2D eigenvalue weighted by Gasteiger charge is -2.32. The maximum Gasteiger partial charge on any atom is 0.257 e. The number of hydrogen-bond acceptors (Lipinski definition) is 6. The van der Waals surface area contributed by atoms with E-state index < -0.39 is 0 Å². The number of carbonyl (C=O) groups excluding carboxylic acids is 1. The highest BCUT2D eigenvalue weighted by Crippen LogP contribution is 2.31. The lowest BCUT2D eigenvalue weighted by Crippen LogP contribution is -2.38. The minimum Gasteiger partial charge on any atom is -0.493 e. The molecule has 1 saturated heterocycles. The number of anilines is 1. The summed E-state index contributed by atoms with van der Waals surface area (Å²) in [5, 5.41) is 7.67. The van der Waals surface area contributed by atoms with E-state index >= 15 is 0 Å². The van der Waals surface area contributed by atoms with Crippen LogP contribution in [0.5, 0.6) is 5.75 Å². The van der Waals surface area contributed by atoms with Gasteiger partial charge in [0, 0.05) is 42.6 Å². The largest absolute Gasteiger partial charge is 0.493 e. The smallest absolute Gasteiger partial charge is 0.257 e. The molecule has 4 aromatic rings. The van der Waals surface area contributed by atoms with Gasteiger partial charge >= 0.3 is 0 Å². The van der Waals surface area contributed by atoms with E-state index in [-0.39, 0.29) is 11.8 Å². The van der Waals surface area contributed by atoms with Crippen LogP contribution in [0, 0.1) is 0 Å². The molecular formula is C29H30N4O2S. The Labute approximate surface area is 216 Å². The van der Waals surface area contributed by atoms with E-state index in [4.69, 9.17) is 14.7 Å². The average Bonchev–Trinajstić information content (AvgIpc) is 3.48. The van der Waals surface area contributed by atoms with E-state index in [1.165, 1.54) is 5.56 Å². The molecule has 6 nitrogen and oxygen atoms in total. The molecule has 5 rings (SSSR count). The first kappa shape index (κ1) is 24.0. The third-order valence-corrected chi connectivity index (χ3v) is 7.12. The Morgan fingerprint density at radius 1 is 1.06 bits per heavy atom. The number of benzene rings is 2. The molecule has 184 valence electrons. The molecule has 0 aliphatic carbocycles. The van der Waals surface area contributed by atoms with Crippen molar-refractivity contribution >= 4 is 23.1 Å². The van der Waals surface area contributed by atoms with Gasteiger partial charge in [0.25, 0.3) is 5.91 Å². The van der Waals surface area contributed by atoms with Crippen LogP contribution in [0.1, 0.15) is 47.4 Å². The van der Waals surface area contributed by atoms with Crippen LogP contribution in [-0.2, 0) is 6.54 Å². The molecule has 1 fully saturated rings. The van der Waals surface area contributed by atoms with E-state index in [2.05, 4.69) is 34.3 Å². The number of amides is 1. The van der Waals surface area contributed by atoms with Crippen molar-refractivity contribution in [3.8, 4) is 17.0 Å². The van der Waals surface area contributed by atoms with Crippen molar-refractivity contribution in [3.05, 3.63) is 94.4 Å². The Kier molecular flexibility index (Phi) is 7.57. The molecule has 7 heteroatoms. The number of piperidine rings is 1. The fourth-order valence-corrected chi connectivity index (χ4v) is 5.17. The lowest BCUT2D eigenvalue weighted by molar-refractivity contribution is 0.0707. The fraction of sp³-hybridized carbons (Fsp3) is 0.276. The quantitative estimate of drug-likeness (QED) is 0.312. The monoisotopic (exact) mass is 498 g/mol. The molecule has 36 heavy (non-hydrogen) atoms. The lowest BCUT2D eigenvalue weighted by atomic mass is 9.95. The summed E-state index contributed by atoms with van der Waals surface area (Å²) in [5.74, 6) is 2.54. The Hall–Kier alpha value is -3.71. The van der Waals surface area contributed by atoms with Gasteiger partial charge in [-0.3, -0.25) is 4.79 Å². The second-order valence-corrected chi connectivity index (χ2v) is 9.62. The van der Waals surface area contributed by atoms with Crippen LogP contribution >= 0.6 is 11.3 Å². The van der Waals surface area contributed by atoms with Gasteiger partial charge < -0.3 is 15.0 Å². The molecule has 1 amide bonds. The van der Waals surface area contributed by atoms with Gasteiger partial charge in [-0.05, 0) is 48.9 Å². The number of nitrogens with one attached hydrogen (secondary N) is 1. The number of carbonyl (C=O) groups is 1. The van der Waals surface area contributed by atoms with Crippen LogP contribution in [-0.4, -0.2) is 40.5 Å². The normalized spacial score (nSPS) is 14.0. The van der Waals surface area contributed by atoms with Crippen LogP contribution < -0.4 is 10.1 Å². The van der Waals surface area contributed by atoms with Crippen LogP contribution in [0.2, 0.25) is 0 Å². The van der Waals surface area contributed by atoms with Gasteiger partial charge in [-0.15, -0.1) is 0 Å². The van der Waals surface area contributed by atoms with Gasteiger partial charge in [0.15, 0.2) is 0 Å². The summed E-state index contributed by atoms with van der Waals surface area (Å²) in [6, 6.07) is 21.9. The first-order valence-electron chi connectivity index (χ1n) is 12.4. The summed E-state index contributed by atoms with van der Waals surface area (Å²) >= 11 is 1.66. The first-order chi connectivity index (χ1) is 17.7. The third kappa shape index (κ3) is 5.57. The van der Waals surface area contributed by atoms with Crippen LogP contribution in [0.15, 0.2) is 77.5 Å². The standard InChI is InChI=1S/C29H30N4O2S/c1-2-35-26-11-7-6-10-24(26)29(34)33-15-12-22(13-16-33)28-31-25(23-14-17-36-20-23)18-27(32-28)30-19-21-8-4-3-5-9-21/h3-11,14,17-18,20,22H,2,12-13,15-16,19H2,1H3,(H,30,31,32). The van der Waals surface area contributed by atoms with Crippen LogP contribution in [0.3, 0.4) is 0 Å². The number of nitrogens with zero attached hydrogens (tertiary/aromatic N) is 3. The predicted molar refractivity (Wildman–Crippen MR) is 145 cm³/mol. The summed E-state index contributed by atoms with van der Waals surface area (Å²) in [7, 11) is 0. The summed E-state index contributed by atoms with van der Waals surface area (Å²) in [5.41, 5.74) is 3.86. The number of ether oxygens (including phenoxy) is 1. The molecule has 0 radical (unpaired) electrons. The highest BCUT2D eigenvalue weighted by atomic mass is 32.1. The number of hydrogen-bond donors (Lipinski definition) is 1. The van der Waals surface area contributed by atoms with Crippen molar-refractivity contribution in [1.29, 1.82) is 0 Å². The van der Waals surface area contributed by atoms with Crippen LogP contribution in [0.25, 0.3) is 11.3 Å². The molecule has 1 aliphatic rings. The van der Waals surface area contributed by atoms with E-state index in [1.54, 1.807) is 11.3 Å². The Balaban J connectivity index is 1.32. The van der Waals surface area contributed by atoms with Crippen LogP contribution in [0.4, 0.5) is 5.82 Å². The zero-order valence-corrected chi connectivity index (χ0v) is 21.2. The van der Waals surface area contributed by atoms with Crippen molar-refractivity contribution in [2.24, 2.45) is 0 Å². The molecule has 2 aromatic carbocycles. The highest BCUT2D eigenvalue weighted by Gasteiger charge is 2.28. The maximum absolute atomic E-state index is 13.2. The van der Waals surface area contributed by atoms with E-state index in [1.807, 2.05) is 60.4 Å². The van der Waals surface area contributed by atoms with Crippen molar-refractivity contribution < 1.29 is 9.53 Å². The number of para-hydroxylation sites is 1. The van der Waals surface area contributed by atoms with Crippen molar-refractivity contribution in [3.63, 3.8) is 0 Å². The summed E-state index contributed by atoms with van der Waals surface area (Å²) in [6.07, 6.45) is 1.65. The van der Waals surface area contributed by atoms with Gasteiger partial charge in [-0.25, -0.2) is 9.97 Å². The number of likely N-dealkylation sites (tertiary alicyclic amines) is 1. The zero-order chi connectivity index (χ0) is 24.7. The minimum atomic E-state index is 0.0238. The second kappa shape index (κ2) is 11.4. The Morgan fingerprint density at radius 3 is 2.58 bits per heavy atom. The third-order valence-electron chi connectivity index (χ3n) is 6.44. The molecule has 1 aliphatic heterocycles.